The van der Waals surface area contributed by atoms with E-state index in [1.165, 1.54) is 12.1 Å². The second kappa shape index (κ2) is 5.08. The first-order chi connectivity index (χ1) is 7.10. The molecule has 0 aromatic heterocycles. The number of hydrogen-bond acceptors (Lipinski definition) is 3. The molecule has 0 amide bonds. The molecule has 3 nitrogen and oxygen atoms in total. The first kappa shape index (κ1) is 11.9. The summed E-state index contributed by atoms with van der Waals surface area (Å²) in [5.74, 6) is -0.797. The van der Waals surface area contributed by atoms with Crippen LogP contribution in [0.3, 0.4) is 0 Å². The van der Waals surface area contributed by atoms with Gasteiger partial charge in [-0.25, -0.2) is 4.39 Å². The molecular formula is C10H9ClFNO2. The molecule has 15 heavy (non-hydrogen) atoms. The van der Waals surface area contributed by atoms with Gasteiger partial charge in [0.2, 0.25) is 0 Å². The lowest BCUT2D eigenvalue weighted by atomic mass is 10.0. The standard InChI is InChI=1S/C10H9ClFNO2/c11-4-9(14)10(15)6-1-2-8(12)7(3-6)5-13/h1-3,9-10,14-15H,4H2. The molecule has 0 bridgehead atoms. The Bertz CT molecular complexity index is 391. The summed E-state index contributed by atoms with van der Waals surface area (Å²) in [7, 11) is 0. The molecule has 0 aliphatic rings. The van der Waals surface area contributed by atoms with Crippen LogP contribution in [0.2, 0.25) is 0 Å². The monoisotopic (exact) mass is 229 g/mol. The van der Waals surface area contributed by atoms with Crippen molar-refractivity contribution < 1.29 is 14.6 Å². The summed E-state index contributed by atoms with van der Waals surface area (Å²) in [5.41, 5.74) is 0.0921. The quantitative estimate of drug-likeness (QED) is 0.769. The van der Waals surface area contributed by atoms with Crippen molar-refractivity contribution >= 4 is 11.6 Å². The molecule has 0 fully saturated rings. The Kier molecular flexibility index (Phi) is 4.04. The number of benzene rings is 1. The van der Waals surface area contributed by atoms with E-state index in [0.29, 0.717) is 0 Å². The first-order valence-electron chi connectivity index (χ1n) is 4.21. The molecule has 0 spiro atoms. The molecule has 1 rings (SSSR count). The number of aliphatic hydroxyl groups excluding tert-OH is 2. The largest absolute Gasteiger partial charge is 0.389 e. The maximum absolute atomic E-state index is 12.9. The molecule has 1 aromatic rings. The highest BCUT2D eigenvalue weighted by Crippen LogP contribution is 2.20. The molecule has 80 valence electrons. The van der Waals surface area contributed by atoms with Crippen molar-refractivity contribution in [3.8, 4) is 6.07 Å². The van der Waals surface area contributed by atoms with Crippen LogP contribution in [0.15, 0.2) is 18.2 Å². The van der Waals surface area contributed by atoms with Crippen LogP contribution >= 0.6 is 11.6 Å². The molecule has 2 atom stereocenters. The molecule has 2 N–H and O–H groups in total. The van der Waals surface area contributed by atoms with Crippen LogP contribution in [-0.2, 0) is 0 Å². The van der Waals surface area contributed by atoms with Gasteiger partial charge in [0.25, 0.3) is 0 Å². The van der Waals surface area contributed by atoms with Gasteiger partial charge in [-0.05, 0) is 17.7 Å². The Morgan fingerprint density at radius 2 is 2.13 bits per heavy atom. The zero-order chi connectivity index (χ0) is 11.4. The van der Waals surface area contributed by atoms with Crippen LogP contribution in [0.25, 0.3) is 0 Å². The van der Waals surface area contributed by atoms with Crippen LogP contribution in [0.4, 0.5) is 4.39 Å². The Morgan fingerprint density at radius 1 is 1.47 bits per heavy atom. The molecule has 1 aromatic carbocycles. The van der Waals surface area contributed by atoms with Crippen molar-refractivity contribution in [2.75, 3.05) is 5.88 Å². The number of aliphatic hydroxyl groups is 2. The molecule has 0 saturated carbocycles. The van der Waals surface area contributed by atoms with Crippen LogP contribution < -0.4 is 0 Å². The molecule has 0 aliphatic carbocycles. The third-order valence-electron chi connectivity index (χ3n) is 1.97. The Hall–Kier alpha value is -1.15. The van der Waals surface area contributed by atoms with Gasteiger partial charge in [-0.15, -0.1) is 11.6 Å². The Labute approximate surface area is 91.3 Å². The fourth-order valence-electron chi connectivity index (χ4n) is 1.12. The van der Waals surface area contributed by atoms with E-state index < -0.39 is 18.0 Å². The van der Waals surface area contributed by atoms with E-state index in [1.54, 1.807) is 6.07 Å². The van der Waals surface area contributed by atoms with E-state index in [1.807, 2.05) is 0 Å². The smallest absolute Gasteiger partial charge is 0.140 e. The summed E-state index contributed by atoms with van der Waals surface area (Å²) < 4.78 is 12.9. The van der Waals surface area contributed by atoms with Crippen LogP contribution in [0.5, 0.6) is 0 Å². The Balaban J connectivity index is 3.02. The predicted octanol–water partition coefficient (Wildman–Crippen LogP) is 1.33. The highest BCUT2D eigenvalue weighted by Gasteiger charge is 2.18. The number of hydrogen-bond donors (Lipinski definition) is 2. The van der Waals surface area contributed by atoms with Gasteiger partial charge in [-0.2, -0.15) is 5.26 Å². The third-order valence-corrected chi connectivity index (χ3v) is 2.29. The van der Waals surface area contributed by atoms with Gasteiger partial charge >= 0.3 is 0 Å². The highest BCUT2D eigenvalue weighted by atomic mass is 35.5. The van der Waals surface area contributed by atoms with E-state index in [9.17, 15) is 14.6 Å². The number of halogens is 2. The molecule has 0 heterocycles. The van der Waals surface area contributed by atoms with Crippen molar-refractivity contribution in [3.05, 3.63) is 35.1 Å². The van der Waals surface area contributed by atoms with E-state index >= 15 is 0 Å². The average molecular weight is 230 g/mol. The van der Waals surface area contributed by atoms with Gasteiger partial charge in [-0.1, -0.05) is 6.07 Å². The van der Waals surface area contributed by atoms with Crippen molar-refractivity contribution in [3.63, 3.8) is 0 Å². The SMILES string of the molecule is N#Cc1cc(C(O)C(O)CCl)ccc1F. The van der Waals surface area contributed by atoms with Crippen LogP contribution in [0, 0.1) is 17.1 Å². The lowest BCUT2D eigenvalue weighted by Gasteiger charge is -2.15. The second-order valence-electron chi connectivity index (χ2n) is 3.02. The van der Waals surface area contributed by atoms with Gasteiger partial charge in [0.1, 0.15) is 18.0 Å². The number of rotatable bonds is 3. The normalized spacial score (nSPS) is 14.3. The minimum absolute atomic E-state index is 0.138. The second-order valence-corrected chi connectivity index (χ2v) is 3.33. The van der Waals surface area contributed by atoms with E-state index in [4.69, 9.17) is 16.9 Å². The van der Waals surface area contributed by atoms with Crippen molar-refractivity contribution in [1.29, 1.82) is 5.26 Å². The zero-order valence-electron chi connectivity index (χ0n) is 7.69. The first-order valence-corrected chi connectivity index (χ1v) is 4.75. The molecule has 5 heteroatoms. The fraction of sp³-hybridized carbons (Fsp3) is 0.300. The van der Waals surface area contributed by atoms with Gasteiger partial charge in [-0.3, -0.25) is 0 Å². The van der Waals surface area contributed by atoms with Crippen molar-refractivity contribution in [2.24, 2.45) is 0 Å². The number of alkyl halides is 1. The van der Waals surface area contributed by atoms with Crippen LogP contribution in [0.1, 0.15) is 17.2 Å². The fourth-order valence-corrected chi connectivity index (χ4v) is 1.29. The minimum atomic E-state index is -1.21. The van der Waals surface area contributed by atoms with E-state index in [2.05, 4.69) is 0 Å². The van der Waals surface area contributed by atoms with Gasteiger partial charge in [0, 0.05) is 0 Å². The number of nitriles is 1. The Morgan fingerprint density at radius 3 is 2.67 bits per heavy atom. The maximum Gasteiger partial charge on any atom is 0.140 e. The molecule has 0 radical (unpaired) electrons. The van der Waals surface area contributed by atoms with Gasteiger partial charge < -0.3 is 10.2 Å². The topological polar surface area (TPSA) is 64.2 Å². The highest BCUT2D eigenvalue weighted by molar-refractivity contribution is 6.18. The van der Waals surface area contributed by atoms with E-state index in [-0.39, 0.29) is 17.0 Å². The summed E-state index contributed by atoms with van der Waals surface area (Å²) in [6.07, 6.45) is -2.35. The third kappa shape index (κ3) is 2.66. The summed E-state index contributed by atoms with van der Waals surface area (Å²) in [6.45, 7) is 0. The predicted molar refractivity (Wildman–Crippen MR) is 52.8 cm³/mol. The lowest BCUT2D eigenvalue weighted by Crippen LogP contribution is -2.19. The molecular weight excluding hydrogens is 221 g/mol. The minimum Gasteiger partial charge on any atom is -0.389 e. The van der Waals surface area contributed by atoms with Crippen LogP contribution in [-0.4, -0.2) is 22.2 Å². The van der Waals surface area contributed by atoms with Crippen molar-refractivity contribution in [2.45, 2.75) is 12.2 Å². The van der Waals surface area contributed by atoms with Gasteiger partial charge in [0.05, 0.1) is 17.5 Å². The number of nitrogens with zero attached hydrogens (tertiary/aromatic N) is 1. The average Bonchev–Trinajstić information content (AvgIpc) is 2.27. The summed E-state index contributed by atoms with van der Waals surface area (Å²) >= 11 is 5.35. The van der Waals surface area contributed by atoms with E-state index in [0.717, 1.165) is 6.07 Å². The molecule has 0 aliphatic heterocycles. The maximum atomic E-state index is 12.9. The summed E-state index contributed by atoms with van der Waals surface area (Å²) in [4.78, 5) is 0. The molecule has 2 unspecified atom stereocenters. The lowest BCUT2D eigenvalue weighted by molar-refractivity contribution is 0.0326. The molecule has 0 saturated heterocycles. The summed E-state index contributed by atoms with van der Waals surface area (Å²) in [5, 5.41) is 27.3. The summed E-state index contributed by atoms with van der Waals surface area (Å²) in [6, 6.07) is 5.21. The van der Waals surface area contributed by atoms with Crippen molar-refractivity contribution in [1.82, 2.24) is 0 Å². The zero-order valence-corrected chi connectivity index (χ0v) is 8.45. The van der Waals surface area contributed by atoms with Gasteiger partial charge in [0.15, 0.2) is 0 Å².